The first-order chi connectivity index (χ1) is 5.41. The van der Waals surface area contributed by atoms with E-state index < -0.39 is 0 Å². The molecular weight excluding hydrogens is 178 g/mol. The Morgan fingerprint density at radius 1 is 1.00 bits per heavy atom. The highest BCUT2D eigenvalue weighted by molar-refractivity contribution is 7.47. The molecule has 0 aliphatic carbocycles. The Balaban J connectivity index is 1.94. The molecule has 2 fully saturated rings. The molecule has 2 nitrogen and oxygen atoms in total. The number of rotatable bonds is 0. The van der Waals surface area contributed by atoms with Gasteiger partial charge in [0.1, 0.15) is 0 Å². The van der Waals surface area contributed by atoms with Crippen LogP contribution in [0.4, 0.5) is 0 Å². The number of hydrogen-bond donors (Lipinski definition) is 0. The SMILES string of the molecule is C1CC2(CCO1)CPOPC2. The van der Waals surface area contributed by atoms with E-state index in [0.717, 1.165) is 30.8 Å². The van der Waals surface area contributed by atoms with Gasteiger partial charge in [-0.05, 0) is 30.6 Å². The van der Waals surface area contributed by atoms with Crippen molar-refractivity contribution in [3.63, 3.8) is 0 Å². The van der Waals surface area contributed by atoms with Crippen LogP contribution in [0, 0.1) is 5.41 Å². The van der Waals surface area contributed by atoms with E-state index in [-0.39, 0.29) is 0 Å². The molecule has 2 heterocycles. The van der Waals surface area contributed by atoms with Gasteiger partial charge in [0, 0.05) is 30.8 Å². The van der Waals surface area contributed by atoms with Crippen molar-refractivity contribution in [2.45, 2.75) is 12.8 Å². The van der Waals surface area contributed by atoms with Crippen molar-refractivity contribution >= 4 is 17.6 Å². The van der Waals surface area contributed by atoms with Gasteiger partial charge in [-0.25, -0.2) is 0 Å². The van der Waals surface area contributed by atoms with Crippen molar-refractivity contribution in [2.75, 3.05) is 25.5 Å². The van der Waals surface area contributed by atoms with Crippen LogP contribution in [0.5, 0.6) is 0 Å². The van der Waals surface area contributed by atoms with Gasteiger partial charge in [-0.3, -0.25) is 0 Å². The Hall–Kier alpha value is 0.780. The van der Waals surface area contributed by atoms with E-state index in [1.165, 1.54) is 25.2 Å². The zero-order valence-corrected chi connectivity index (χ0v) is 8.56. The second kappa shape index (κ2) is 3.66. The van der Waals surface area contributed by atoms with Crippen molar-refractivity contribution in [1.29, 1.82) is 0 Å². The van der Waals surface area contributed by atoms with Crippen LogP contribution in [-0.4, -0.2) is 25.5 Å². The first-order valence-corrected chi connectivity index (χ1v) is 6.34. The first kappa shape index (κ1) is 8.38. The monoisotopic (exact) mass is 192 g/mol. The molecule has 0 radical (unpaired) electrons. The third kappa shape index (κ3) is 1.92. The lowest BCUT2D eigenvalue weighted by Crippen LogP contribution is -2.34. The maximum atomic E-state index is 5.41. The average Bonchev–Trinajstić information content (AvgIpc) is 2.07. The Kier molecular flexibility index (Phi) is 2.79. The molecule has 2 saturated heterocycles. The highest BCUT2D eigenvalue weighted by Gasteiger charge is 2.34. The van der Waals surface area contributed by atoms with Crippen LogP contribution in [-0.2, 0) is 9.05 Å². The summed E-state index contributed by atoms with van der Waals surface area (Å²) >= 11 is 0. The van der Waals surface area contributed by atoms with Gasteiger partial charge in [0.05, 0.1) is 0 Å². The van der Waals surface area contributed by atoms with Crippen molar-refractivity contribution in [2.24, 2.45) is 5.41 Å². The molecule has 2 rings (SSSR count). The van der Waals surface area contributed by atoms with Crippen LogP contribution < -0.4 is 0 Å². The molecule has 2 atom stereocenters. The fraction of sp³-hybridized carbons (Fsp3) is 1.00. The summed E-state index contributed by atoms with van der Waals surface area (Å²) < 4.78 is 10.8. The second-order valence-corrected chi connectivity index (χ2v) is 5.46. The molecule has 11 heavy (non-hydrogen) atoms. The van der Waals surface area contributed by atoms with Gasteiger partial charge in [0.25, 0.3) is 0 Å². The molecule has 0 aromatic rings. The molecular formula is C7H14O2P2. The smallest absolute Gasteiger partial charge is 0.0471 e. The quantitative estimate of drug-likeness (QED) is 0.546. The maximum Gasteiger partial charge on any atom is 0.0471 e. The van der Waals surface area contributed by atoms with Crippen LogP contribution in [0.3, 0.4) is 0 Å². The molecule has 0 N–H and O–H groups in total. The minimum absolute atomic E-state index is 0.632. The topological polar surface area (TPSA) is 18.5 Å². The fourth-order valence-electron chi connectivity index (χ4n) is 1.65. The summed E-state index contributed by atoms with van der Waals surface area (Å²) in [6.45, 7) is 1.96. The van der Waals surface area contributed by atoms with Crippen molar-refractivity contribution in [3.8, 4) is 0 Å². The summed E-state index contributed by atoms with van der Waals surface area (Å²) in [6, 6.07) is 0. The van der Waals surface area contributed by atoms with Crippen LogP contribution in [0.2, 0.25) is 0 Å². The van der Waals surface area contributed by atoms with Gasteiger partial charge < -0.3 is 9.05 Å². The Bertz CT molecular complexity index is 109. The van der Waals surface area contributed by atoms with E-state index in [2.05, 4.69) is 0 Å². The highest BCUT2D eigenvalue weighted by atomic mass is 31.2. The first-order valence-electron chi connectivity index (χ1n) is 4.11. The van der Waals surface area contributed by atoms with Gasteiger partial charge in [0.2, 0.25) is 0 Å². The third-order valence-electron chi connectivity index (χ3n) is 2.59. The van der Waals surface area contributed by atoms with E-state index in [1.807, 2.05) is 0 Å². The van der Waals surface area contributed by atoms with Crippen molar-refractivity contribution in [3.05, 3.63) is 0 Å². The van der Waals surface area contributed by atoms with E-state index in [1.54, 1.807) is 0 Å². The van der Waals surface area contributed by atoms with Crippen LogP contribution in [0.15, 0.2) is 0 Å². The molecule has 0 bridgehead atoms. The lowest BCUT2D eigenvalue weighted by Gasteiger charge is -2.39. The number of ether oxygens (including phenoxy) is 1. The molecule has 2 unspecified atom stereocenters. The van der Waals surface area contributed by atoms with Gasteiger partial charge in [0.15, 0.2) is 0 Å². The second-order valence-electron chi connectivity index (χ2n) is 3.36. The zero-order valence-electron chi connectivity index (χ0n) is 6.56. The molecule has 2 aliphatic rings. The maximum absolute atomic E-state index is 5.41. The van der Waals surface area contributed by atoms with Gasteiger partial charge in [-0.15, -0.1) is 0 Å². The van der Waals surface area contributed by atoms with E-state index in [0.29, 0.717) is 5.41 Å². The van der Waals surface area contributed by atoms with Crippen molar-refractivity contribution in [1.82, 2.24) is 0 Å². The molecule has 4 heteroatoms. The van der Waals surface area contributed by atoms with E-state index in [4.69, 9.17) is 9.05 Å². The molecule has 0 aromatic carbocycles. The predicted octanol–water partition coefficient (Wildman–Crippen LogP) is 2.00. The third-order valence-corrected chi connectivity index (χ3v) is 5.54. The Morgan fingerprint density at radius 3 is 2.27 bits per heavy atom. The Labute approximate surface area is 71.1 Å². The lowest BCUT2D eigenvalue weighted by molar-refractivity contribution is 0.0347. The molecule has 0 saturated carbocycles. The van der Waals surface area contributed by atoms with Crippen molar-refractivity contribution < 1.29 is 9.05 Å². The van der Waals surface area contributed by atoms with Gasteiger partial charge >= 0.3 is 0 Å². The summed E-state index contributed by atoms with van der Waals surface area (Å²) in [5.74, 6) is 0. The largest absolute Gasteiger partial charge is 0.381 e. The molecule has 1 spiro atoms. The molecule has 0 aromatic heterocycles. The summed E-state index contributed by atoms with van der Waals surface area (Å²) in [5, 5.41) is 0. The number of hydrogen-bond acceptors (Lipinski definition) is 2. The minimum Gasteiger partial charge on any atom is -0.381 e. The highest BCUT2D eigenvalue weighted by Crippen LogP contribution is 2.48. The van der Waals surface area contributed by atoms with E-state index >= 15 is 0 Å². The molecule has 64 valence electrons. The molecule has 0 amide bonds. The normalized spacial score (nSPS) is 34.9. The standard InChI is InChI=1S/C7H14O2P2/c1-3-8-4-2-7(1)5-10-9-11-6-7/h10-11H,1-6H2. The summed E-state index contributed by atoms with van der Waals surface area (Å²) in [5.41, 5.74) is 0.632. The Morgan fingerprint density at radius 2 is 1.64 bits per heavy atom. The fourth-order valence-corrected chi connectivity index (χ4v) is 4.45. The van der Waals surface area contributed by atoms with Crippen LogP contribution >= 0.6 is 17.6 Å². The lowest BCUT2D eigenvalue weighted by atomic mass is 9.84. The minimum atomic E-state index is 0.632. The summed E-state index contributed by atoms with van der Waals surface area (Å²) in [6.07, 6.45) is 5.14. The molecule has 2 aliphatic heterocycles. The van der Waals surface area contributed by atoms with Gasteiger partial charge in [-0.1, -0.05) is 0 Å². The summed E-state index contributed by atoms with van der Waals surface area (Å²) in [7, 11) is 1.52. The zero-order chi connectivity index (χ0) is 7.57. The van der Waals surface area contributed by atoms with Gasteiger partial charge in [-0.2, -0.15) is 0 Å². The predicted molar refractivity (Wildman–Crippen MR) is 49.9 cm³/mol. The average molecular weight is 192 g/mol. The van der Waals surface area contributed by atoms with Crippen LogP contribution in [0.25, 0.3) is 0 Å². The van der Waals surface area contributed by atoms with Crippen LogP contribution in [0.1, 0.15) is 12.8 Å². The summed E-state index contributed by atoms with van der Waals surface area (Å²) in [4.78, 5) is 0. The van der Waals surface area contributed by atoms with E-state index in [9.17, 15) is 0 Å².